The van der Waals surface area contributed by atoms with Crippen LogP contribution in [0, 0.1) is 0 Å². The van der Waals surface area contributed by atoms with Crippen molar-refractivity contribution < 1.29 is 19.1 Å². The Kier molecular flexibility index (Phi) is 3.63. The molecular formula is C15H10ClN3O4. The third kappa shape index (κ3) is 2.82. The molecule has 23 heavy (non-hydrogen) atoms. The van der Waals surface area contributed by atoms with Gasteiger partial charge in [0, 0.05) is 11.6 Å². The Morgan fingerprint density at radius 2 is 2.04 bits per heavy atom. The maximum Gasteiger partial charge on any atom is 0.335 e. The molecule has 3 aromatic rings. The van der Waals surface area contributed by atoms with Gasteiger partial charge in [-0.25, -0.2) is 9.78 Å². The number of nitrogen functional groups attached to an aromatic ring is 1. The van der Waals surface area contributed by atoms with Gasteiger partial charge in [0.05, 0.1) is 16.3 Å². The molecule has 1 aromatic carbocycles. The first-order valence-electron chi connectivity index (χ1n) is 6.44. The van der Waals surface area contributed by atoms with E-state index in [0.29, 0.717) is 16.0 Å². The van der Waals surface area contributed by atoms with Gasteiger partial charge in [-0.2, -0.15) is 0 Å². The summed E-state index contributed by atoms with van der Waals surface area (Å²) in [6.07, 6.45) is 1.39. The van der Waals surface area contributed by atoms with Crippen molar-refractivity contribution in [2.75, 3.05) is 11.1 Å². The highest BCUT2D eigenvalue weighted by Crippen LogP contribution is 2.29. The molecule has 7 nitrogen and oxygen atoms in total. The van der Waals surface area contributed by atoms with Crippen molar-refractivity contribution in [3.05, 3.63) is 52.9 Å². The molecular weight excluding hydrogens is 322 g/mol. The Morgan fingerprint density at radius 1 is 1.26 bits per heavy atom. The number of pyridine rings is 1. The van der Waals surface area contributed by atoms with E-state index in [1.54, 1.807) is 6.07 Å². The second-order valence-corrected chi connectivity index (χ2v) is 5.11. The zero-order valence-electron chi connectivity index (χ0n) is 11.5. The number of nitrogens with one attached hydrogen (secondary N) is 1. The molecule has 3 rings (SSSR count). The van der Waals surface area contributed by atoms with E-state index in [1.165, 1.54) is 30.5 Å². The van der Waals surface area contributed by atoms with Gasteiger partial charge in [0.25, 0.3) is 5.91 Å². The molecule has 0 saturated heterocycles. The summed E-state index contributed by atoms with van der Waals surface area (Å²) in [5, 5.41) is 12.3. The standard InChI is InChI=1S/C15H10ClN3O4/c16-8-2-4-11(18-6-8)19-14(20)13-12(17)9-5-7(15(21)22)1-3-10(9)23-13/h1-6H,17H2,(H,21,22)(H,18,19,20). The molecule has 0 atom stereocenters. The van der Waals surface area contributed by atoms with Crippen LogP contribution in [0.1, 0.15) is 20.9 Å². The van der Waals surface area contributed by atoms with Crippen molar-refractivity contribution in [3.63, 3.8) is 0 Å². The van der Waals surface area contributed by atoms with Gasteiger partial charge < -0.3 is 20.6 Å². The van der Waals surface area contributed by atoms with Crippen LogP contribution >= 0.6 is 11.6 Å². The fourth-order valence-electron chi connectivity index (χ4n) is 2.04. The first-order valence-corrected chi connectivity index (χ1v) is 6.81. The minimum absolute atomic E-state index is 0.0522. The number of aromatic nitrogens is 1. The lowest BCUT2D eigenvalue weighted by Gasteiger charge is -2.02. The van der Waals surface area contributed by atoms with Crippen LogP contribution in [0.25, 0.3) is 11.0 Å². The van der Waals surface area contributed by atoms with E-state index in [-0.39, 0.29) is 22.8 Å². The summed E-state index contributed by atoms with van der Waals surface area (Å²) in [4.78, 5) is 27.2. The summed E-state index contributed by atoms with van der Waals surface area (Å²) in [6, 6.07) is 7.28. The lowest BCUT2D eigenvalue weighted by molar-refractivity contribution is 0.0697. The molecule has 0 aliphatic carbocycles. The third-order valence-corrected chi connectivity index (χ3v) is 3.37. The van der Waals surface area contributed by atoms with E-state index < -0.39 is 11.9 Å². The fourth-order valence-corrected chi connectivity index (χ4v) is 2.15. The van der Waals surface area contributed by atoms with Crippen LogP contribution in [0.15, 0.2) is 40.9 Å². The molecule has 0 radical (unpaired) electrons. The van der Waals surface area contributed by atoms with E-state index in [0.717, 1.165) is 0 Å². The number of nitrogens with two attached hydrogens (primary N) is 1. The first kappa shape index (κ1) is 14.9. The van der Waals surface area contributed by atoms with Gasteiger partial charge >= 0.3 is 5.97 Å². The van der Waals surface area contributed by atoms with E-state index in [4.69, 9.17) is 26.9 Å². The monoisotopic (exact) mass is 331 g/mol. The molecule has 8 heteroatoms. The van der Waals surface area contributed by atoms with Gasteiger partial charge in [0.2, 0.25) is 5.76 Å². The molecule has 0 aliphatic heterocycles. The Bertz CT molecular complexity index is 918. The zero-order chi connectivity index (χ0) is 16.6. The van der Waals surface area contributed by atoms with Gasteiger partial charge in [-0.1, -0.05) is 11.6 Å². The number of anilines is 2. The number of carbonyl (C=O) groups excluding carboxylic acids is 1. The number of benzene rings is 1. The van der Waals surface area contributed by atoms with Crippen molar-refractivity contribution >= 4 is 46.0 Å². The summed E-state index contributed by atoms with van der Waals surface area (Å²) >= 11 is 5.72. The average molecular weight is 332 g/mol. The quantitative estimate of drug-likeness (QED) is 0.678. The maximum atomic E-state index is 12.2. The van der Waals surface area contributed by atoms with Crippen LogP contribution in [-0.2, 0) is 0 Å². The van der Waals surface area contributed by atoms with E-state index in [2.05, 4.69) is 10.3 Å². The summed E-state index contributed by atoms with van der Waals surface area (Å²) in [6.45, 7) is 0. The van der Waals surface area contributed by atoms with Crippen LogP contribution in [0.3, 0.4) is 0 Å². The van der Waals surface area contributed by atoms with E-state index in [9.17, 15) is 9.59 Å². The van der Waals surface area contributed by atoms with Crippen LogP contribution in [0.2, 0.25) is 5.02 Å². The summed E-state index contributed by atoms with van der Waals surface area (Å²) in [5.41, 5.74) is 6.34. The maximum absolute atomic E-state index is 12.2. The first-order chi connectivity index (χ1) is 11.0. The van der Waals surface area contributed by atoms with Gasteiger partial charge in [-0.05, 0) is 30.3 Å². The second-order valence-electron chi connectivity index (χ2n) is 4.68. The molecule has 2 heterocycles. The number of hydrogen-bond acceptors (Lipinski definition) is 5. The minimum Gasteiger partial charge on any atom is -0.478 e. The van der Waals surface area contributed by atoms with Gasteiger partial charge in [0.1, 0.15) is 11.4 Å². The number of carboxylic acid groups (broad SMARTS) is 1. The molecule has 0 fully saturated rings. The van der Waals surface area contributed by atoms with Gasteiger partial charge in [0.15, 0.2) is 0 Å². The van der Waals surface area contributed by atoms with Crippen molar-refractivity contribution in [1.29, 1.82) is 0 Å². The van der Waals surface area contributed by atoms with Crippen molar-refractivity contribution in [3.8, 4) is 0 Å². The second kappa shape index (κ2) is 5.62. The van der Waals surface area contributed by atoms with Crippen molar-refractivity contribution in [2.24, 2.45) is 0 Å². The summed E-state index contributed by atoms with van der Waals surface area (Å²) in [5.74, 6) is -1.51. The molecule has 0 saturated carbocycles. The fraction of sp³-hybridized carbons (Fsp3) is 0. The summed E-state index contributed by atoms with van der Waals surface area (Å²) in [7, 11) is 0. The van der Waals surface area contributed by atoms with Crippen molar-refractivity contribution in [2.45, 2.75) is 0 Å². The number of aromatic carboxylic acids is 1. The molecule has 4 N–H and O–H groups in total. The number of rotatable bonds is 3. The Balaban J connectivity index is 1.95. The lowest BCUT2D eigenvalue weighted by Crippen LogP contribution is -2.13. The highest BCUT2D eigenvalue weighted by molar-refractivity contribution is 6.30. The van der Waals surface area contributed by atoms with Gasteiger partial charge in [-0.3, -0.25) is 4.79 Å². The topological polar surface area (TPSA) is 118 Å². The number of halogens is 1. The highest BCUT2D eigenvalue weighted by atomic mass is 35.5. The number of fused-ring (bicyclic) bond motifs is 1. The smallest absolute Gasteiger partial charge is 0.335 e. The zero-order valence-corrected chi connectivity index (χ0v) is 12.3. The van der Waals surface area contributed by atoms with Crippen LogP contribution < -0.4 is 11.1 Å². The van der Waals surface area contributed by atoms with Crippen LogP contribution in [0.4, 0.5) is 11.5 Å². The van der Waals surface area contributed by atoms with Crippen LogP contribution in [0.5, 0.6) is 0 Å². The predicted octanol–water partition coefficient (Wildman–Crippen LogP) is 3.01. The molecule has 0 aliphatic rings. The number of carbonyl (C=O) groups is 2. The Hall–Kier alpha value is -3.06. The number of carboxylic acids is 1. The highest BCUT2D eigenvalue weighted by Gasteiger charge is 2.20. The van der Waals surface area contributed by atoms with Crippen molar-refractivity contribution in [1.82, 2.24) is 4.98 Å². The predicted molar refractivity (Wildman–Crippen MR) is 84.8 cm³/mol. The molecule has 116 valence electrons. The molecule has 2 aromatic heterocycles. The lowest BCUT2D eigenvalue weighted by atomic mass is 10.1. The minimum atomic E-state index is -1.09. The van der Waals surface area contributed by atoms with Crippen LogP contribution in [-0.4, -0.2) is 22.0 Å². The third-order valence-electron chi connectivity index (χ3n) is 3.15. The number of nitrogens with zero attached hydrogens (tertiary/aromatic N) is 1. The van der Waals surface area contributed by atoms with E-state index in [1.807, 2.05) is 0 Å². The Morgan fingerprint density at radius 3 is 2.70 bits per heavy atom. The SMILES string of the molecule is Nc1c(C(=O)Nc2ccc(Cl)cn2)oc2ccc(C(=O)O)cc12. The number of hydrogen-bond donors (Lipinski definition) is 3. The average Bonchev–Trinajstić information content (AvgIpc) is 2.86. The normalized spacial score (nSPS) is 10.7. The van der Waals surface area contributed by atoms with E-state index >= 15 is 0 Å². The number of furan rings is 1. The van der Waals surface area contributed by atoms with Gasteiger partial charge in [-0.15, -0.1) is 0 Å². The largest absolute Gasteiger partial charge is 0.478 e. The number of amides is 1. The molecule has 0 bridgehead atoms. The molecule has 0 spiro atoms. The Labute approximate surface area is 134 Å². The molecule has 1 amide bonds. The summed E-state index contributed by atoms with van der Waals surface area (Å²) < 4.78 is 5.41. The molecule has 0 unspecified atom stereocenters.